The molecule has 0 unspecified atom stereocenters. The lowest BCUT2D eigenvalue weighted by molar-refractivity contribution is 0.102. The van der Waals surface area contributed by atoms with Crippen LogP contribution in [0.15, 0.2) is 53.3 Å². The molecule has 0 saturated heterocycles. The van der Waals surface area contributed by atoms with Gasteiger partial charge in [0.05, 0.1) is 16.8 Å². The summed E-state index contributed by atoms with van der Waals surface area (Å²) in [6.45, 7) is 0. The van der Waals surface area contributed by atoms with Gasteiger partial charge in [-0.1, -0.05) is 6.07 Å². The van der Waals surface area contributed by atoms with Crippen molar-refractivity contribution >= 4 is 44.2 Å². The summed E-state index contributed by atoms with van der Waals surface area (Å²) < 4.78 is 0.761. The smallest absolute Gasteiger partial charge is 0.257 e. The van der Waals surface area contributed by atoms with Crippen LogP contribution in [0.4, 0.5) is 11.4 Å². The molecule has 104 valence electrons. The van der Waals surface area contributed by atoms with Gasteiger partial charge in [0.2, 0.25) is 0 Å². The number of benzene rings is 2. The van der Waals surface area contributed by atoms with E-state index in [0.29, 0.717) is 28.0 Å². The van der Waals surface area contributed by atoms with E-state index < -0.39 is 0 Å². The van der Waals surface area contributed by atoms with Gasteiger partial charge in [0.1, 0.15) is 5.52 Å². The molecule has 0 aliphatic carbocycles. The minimum Gasteiger partial charge on any atom is -0.399 e. The number of carbonyl (C=O) groups is 1. The Hall–Kier alpha value is -2.47. The minimum atomic E-state index is -0.257. The maximum atomic E-state index is 12.5. The van der Waals surface area contributed by atoms with Gasteiger partial charge in [0, 0.05) is 22.6 Å². The summed E-state index contributed by atoms with van der Waals surface area (Å²) in [5.74, 6) is -0.257. The number of nitrogens with one attached hydrogen (secondary N) is 1. The van der Waals surface area contributed by atoms with Crippen molar-refractivity contribution in [2.45, 2.75) is 0 Å². The van der Waals surface area contributed by atoms with Gasteiger partial charge >= 0.3 is 0 Å². The van der Waals surface area contributed by atoms with Crippen molar-refractivity contribution in [2.24, 2.45) is 0 Å². The van der Waals surface area contributed by atoms with Crippen LogP contribution in [0.3, 0.4) is 0 Å². The summed E-state index contributed by atoms with van der Waals surface area (Å²) >= 11 is 3.38. The fourth-order valence-electron chi connectivity index (χ4n) is 2.00. The predicted molar refractivity (Wildman–Crippen MR) is 86.0 cm³/mol. The van der Waals surface area contributed by atoms with E-state index in [-0.39, 0.29) is 5.91 Å². The molecule has 0 aliphatic heterocycles. The zero-order chi connectivity index (χ0) is 14.8. The summed E-state index contributed by atoms with van der Waals surface area (Å²) in [4.78, 5) is 20.9. The van der Waals surface area contributed by atoms with Gasteiger partial charge in [-0.2, -0.15) is 0 Å². The zero-order valence-corrected chi connectivity index (χ0v) is 12.5. The largest absolute Gasteiger partial charge is 0.399 e. The Kier molecular flexibility index (Phi) is 3.53. The second-order valence-corrected chi connectivity index (χ2v) is 5.28. The fraction of sp³-hybridized carbons (Fsp3) is 0. The normalized spacial score (nSPS) is 10.5. The highest BCUT2D eigenvalue weighted by atomic mass is 79.9. The van der Waals surface area contributed by atoms with Crippen LogP contribution in [0.1, 0.15) is 10.4 Å². The molecule has 3 aromatic rings. The van der Waals surface area contributed by atoms with Crippen LogP contribution in [0.25, 0.3) is 11.0 Å². The fourth-order valence-corrected chi connectivity index (χ4v) is 2.35. The van der Waals surface area contributed by atoms with Crippen molar-refractivity contribution in [3.05, 3.63) is 58.8 Å². The number of nitrogens with two attached hydrogens (primary N) is 1. The molecule has 0 spiro atoms. The highest BCUT2D eigenvalue weighted by molar-refractivity contribution is 9.10. The van der Waals surface area contributed by atoms with E-state index in [1.807, 2.05) is 6.07 Å². The summed E-state index contributed by atoms with van der Waals surface area (Å²) in [6.07, 6.45) is 3.16. The zero-order valence-electron chi connectivity index (χ0n) is 10.9. The average Bonchev–Trinajstić information content (AvgIpc) is 2.50. The standard InChI is InChI=1S/C15H11BrN4O/c16-11-5-4-9(17)8-13(11)20-15(21)10-2-1-3-12-14(10)19-7-6-18-12/h1-8H,17H2,(H,20,21). The number of halogens is 1. The van der Waals surface area contributed by atoms with Gasteiger partial charge in [-0.15, -0.1) is 0 Å². The van der Waals surface area contributed by atoms with Gasteiger partial charge in [0.15, 0.2) is 0 Å². The maximum Gasteiger partial charge on any atom is 0.257 e. The van der Waals surface area contributed by atoms with Crippen molar-refractivity contribution in [2.75, 3.05) is 11.1 Å². The van der Waals surface area contributed by atoms with Crippen LogP contribution in [-0.2, 0) is 0 Å². The van der Waals surface area contributed by atoms with Crippen LogP contribution in [0.5, 0.6) is 0 Å². The number of carbonyl (C=O) groups excluding carboxylic acids is 1. The van der Waals surface area contributed by atoms with E-state index in [9.17, 15) is 4.79 Å². The van der Waals surface area contributed by atoms with Crippen molar-refractivity contribution in [1.82, 2.24) is 9.97 Å². The first-order chi connectivity index (χ1) is 10.1. The number of anilines is 2. The molecule has 3 rings (SSSR count). The van der Waals surface area contributed by atoms with E-state index in [1.165, 1.54) is 0 Å². The van der Waals surface area contributed by atoms with E-state index in [1.54, 1.807) is 42.7 Å². The summed E-state index contributed by atoms with van der Waals surface area (Å²) in [5.41, 5.74) is 8.64. The Balaban J connectivity index is 1.99. The van der Waals surface area contributed by atoms with Gasteiger partial charge in [-0.3, -0.25) is 14.8 Å². The Morgan fingerprint density at radius 3 is 2.81 bits per heavy atom. The van der Waals surface area contributed by atoms with Crippen LogP contribution in [0.2, 0.25) is 0 Å². The summed E-state index contributed by atoms with van der Waals surface area (Å²) in [7, 11) is 0. The molecule has 1 aromatic heterocycles. The Labute approximate surface area is 129 Å². The SMILES string of the molecule is Nc1ccc(Br)c(NC(=O)c2cccc3nccnc23)c1. The Bertz CT molecular complexity index is 830. The average molecular weight is 343 g/mol. The summed E-state index contributed by atoms with van der Waals surface area (Å²) in [5, 5.41) is 2.83. The third kappa shape index (κ3) is 2.71. The number of aromatic nitrogens is 2. The molecule has 21 heavy (non-hydrogen) atoms. The predicted octanol–water partition coefficient (Wildman–Crippen LogP) is 3.23. The second-order valence-electron chi connectivity index (χ2n) is 4.42. The molecule has 0 bridgehead atoms. The van der Waals surface area contributed by atoms with Crippen LogP contribution in [0, 0.1) is 0 Å². The number of hydrogen-bond donors (Lipinski definition) is 2. The second kappa shape index (κ2) is 5.49. The molecule has 1 heterocycles. The quantitative estimate of drug-likeness (QED) is 0.700. The number of rotatable bonds is 2. The van der Waals surface area contributed by atoms with Gasteiger partial charge < -0.3 is 11.1 Å². The molecule has 0 aliphatic rings. The van der Waals surface area contributed by atoms with Crippen molar-refractivity contribution in [1.29, 1.82) is 0 Å². The van der Waals surface area contributed by atoms with E-state index in [2.05, 4.69) is 31.2 Å². The van der Waals surface area contributed by atoms with Gasteiger partial charge in [-0.25, -0.2) is 0 Å². The number of hydrogen-bond acceptors (Lipinski definition) is 4. The van der Waals surface area contributed by atoms with Crippen molar-refractivity contribution in [3.63, 3.8) is 0 Å². The lowest BCUT2D eigenvalue weighted by Crippen LogP contribution is -2.13. The number of nitrogen functional groups attached to an aromatic ring is 1. The van der Waals surface area contributed by atoms with Gasteiger partial charge in [0.25, 0.3) is 5.91 Å². The molecule has 0 atom stereocenters. The molecule has 3 N–H and O–H groups in total. The van der Waals surface area contributed by atoms with Crippen LogP contribution >= 0.6 is 15.9 Å². The monoisotopic (exact) mass is 342 g/mol. The Morgan fingerprint density at radius 1 is 1.14 bits per heavy atom. The Morgan fingerprint density at radius 2 is 1.95 bits per heavy atom. The molecular weight excluding hydrogens is 332 g/mol. The number of para-hydroxylation sites is 1. The molecule has 0 radical (unpaired) electrons. The molecule has 1 amide bonds. The van der Waals surface area contributed by atoms with E-state index in [0.717, 1.165) is 4.47 Å². The lowest BCUT2D eigenvalue weighted by Gasteiger charge is -2.09. The molecule has 6 heteroatoms. The lowest BCUT2D eigenvalue weighted by atomic mass is 10.1. The van der Waals surface area contributed by atoms with Gasteiger partial charge in [-0.05, 0) is 46.3 Å². The third-order valence-electron chi connectivity index (χ3n) is 2.98. The number of nitrogens with zero attached hydrogens (tertiary/aromatic N) is 2. The van der Waals surface area contributed by atoms with Crippen molar-refractivity contribution in [3.8, 4) is 0 Å². The molecule has 2 aromatic carbocycles. The molecule has 0 fully saturated rings. The molecular formula is C15H11BrN4O. The highest BCUT2D eigenvalue weighted by Crippen LogP contribution is 2.25. The first-order valence-electron chi connectivity index (χ1n) is 6.21. The number of amides is 1. The topological polar surface area (TPSA) is 80.9 Å². The van der Waals surface area contributed by atoms with Crippen LogP contribution < -0.4 is 11.1 Å². The van der Waals surface area contributed by atoms with Crippen LogP contribution in [-0.4, -0.2) is 15.9 Å². The maximum absolute atomic E-state index is 12.5. The molecule has 0 saturated carbocycles. The van der Waals surface area contributed by atoms with Crippen molar-refractivity contribution < 1.29 is 4.79 Å². The summed E-state index contributed by atoms with van der Waals surface area (Å²) in [6, 6.07) is 10.5. The minimum absolute atomic E-state index is 0.257. The molecule has 5 nitrogen and oxygen atoms in total. The first kappa shape index (κ1) is 13.5. The number of fused-ring (bicyclic) bond motifs is 1. The third-order valence-corrected chi connectivity index (χ3v) is 3.67. The van der Waals surface area contributed by atoms with E-state index >= 15 is 0 Å². The highest BCUT2D eigenvalue weighted by Gasteiger charge is 2.13. The first-order valence-corrected chi connectivity index (χ1v) is 7.00. The van der Waals surface area contributed by atoms with E-state index in [4.69, 9.17) is 5.73 Å².